The van der Waals surface area contributed by atoms with Crippen LogP contribution in [0.5, 0.6) is 0 Å². The summed E-state index contributed by atoms with van der Waals surface area (Å²) in [6.45, 7) is 4.15. The zero-order chi connectivity index (χ0) is 9.19. The first-order valence-corrected chi connectivity index (χ1v) is 4.97. The Morgan fingerprint density at radius 1 is 1.42 bits per heavy atom. The van der Waals surface area contributed by atoms with E-state index in [0.717, 1.165) is 6.42 Å². The van der Waals surface area contributed by atoms with Crippen molar-refractivity contribution in [3.63, 3.8) is 0 Å². The molecule has 0 aromatic rings. The Labute approximate surface area is 75.2 Å². The van der Waals surface area contributed by atoms with E-state index in [1.807, 2.05) is 6.92 Å². The van der Waals surface area contributed by atoms with Crippen LogP contribution in [0.1, 0.15) is 46.0 Å². The molecule has 2 heteroatoms. The normalized spacial score (nSPS) is 27.0. The van der Waals surface area contributed by atoms with E-state index in [-0.39, 0.29) is 12.1 Å². The number of hydrogen-bond donors (Lipinski definition) is 2. The molecule has 1 rings (SSSR count). The highest BCUT2D eigenvalue weighted by atomic mass is 16.3. The van der Waals surface area contributed by atoms with Crippen molar-refractivity contribution < 1.29 is 5.11 Å². The molecule has 0 aromatic heterocycles. The molecule has 0 aromatic carbocycles. The standard InChI is InChI=1S/C10H21NO/c1-8(11)9(12)7-10(2)5-3-4-6-10/h8-9,12H,3-7,11H2,1-2H3. The van der Waals surface area contributed by atoms with Gasteiger partial charge in [-0.2, -0.15) is 0 Å². The average molecular weight is 171 g/mol. The van der Waals surface area contributed by atoms with Crippen LogP contribution in [0.15, 0.2) is 0 Å². The van der Waals surface area contributed by atoms with Gasteiger partial charge in [0.1, 0.15) is 0 Å². The lowest BCUT2D eigenvalue weighted by Crippen LogP contribution is -2.35. The summed E-state index contributed by atoms with van der Waals surface area (Å²) in [6.07, 6.45) is 5.73. The molecule has 1 fully saturated rings. The molecule has 0 heterocycles. The molecule has 0 bridgehead atoms. The number of rotatable bonds is 3. The molecule has 12 heavy (non-hydrogen) atoms. The quantitative estimate of drug-likeness (QED) is 0.678. The zero-order valence-electron chi connectivity index (χ0n) is 8.21. The summed E-state index contributed by atoms with van der Waals surface area (Å²) in [7, 11) is 0. The summed E-state index contributed by atoms with van der Waals surface area (Å²) < 4.78 is 0. The summed E-state index contributed by atoms with van der Waals surface area (Å²) >= 11 is 0. The molecule has 1 aliphatic rings. The molecule has 0 aliphatic heterocycles. The Hall–Kier alpha value is -0.0800. The van der Waals surface area contributed by atoms with Crippen molar-refractivity contribution in [2.24, 2.45) is 11.1 Å². The summed E-state index contributed by atoms with van der Waals surface area (Å²) in [5, 5.41) is 9.63. The smallest absolute Gasteiger partial charge is 0.0693 e. The van der Waals surface area contributed by atoms with Crippen LogP contribution in [0.4, 0.5) is 0 Å². The predicted molar refractivity (Wildman–Crippen MR) is 50.8 cm³/mol. The largest absolute Gasteiger partial charge is 0.392 e. The summed E-state index contributed by atoms with van der Waals surface area (Å²) in [5.41, 5.74) is 5.99. The van der Waals surface area contributed by atoms with Crippen LogP contribution in [-0.4, -0.2) is 17.3 Å². The predicted octanol–water partition coefficient (Wildman–Crippen LogP) is 1.66. The number of nitrogens with two attached hydrogens (primary N) is 1. The van der Waals surface area contributed by atoms with Crippen LogP contribution in [0.3, 0.4) is 0 Å². The van der Waals surface area contributed by atoms with Crippen molar-refractivity contribution in [3.8, 4) is 0 Å². The van der Waals surface area contributed by atoms with E-state index in [9.17, 15) is 5.11 Å². The van der Waals surface area contributed by atoms with Gasteiger partial charge in [0.15, 0.2) is 0 Å². The molecule has 0 spiro atoms. The van der Waals surface area contributed by atoms with E-state index in [1.165, 1.54) is 25.7 Å². The Bertz CT molecular complexity index is 139. The maximum atomic E-state index is 9.63. The van der Waals surface area contributed by atoms with E-state index in [1.54, 1.807) is 0 Å². The van der Waals surface area contributed by atoms with Crippen LogP contribution in [-0.2, 0) is 0 Å². The van der Waals surface area contributed by atoms with E-state index in [0.29, 0.717) is 5.41 Å². The topological polar surface area (TPSA) is 46.2 Å². The first-order chi connectivity index (χ1) is 5.53. The Kier molecular flexibility index (Phi) is 3.13. The van der Waals surface area contributed by atoms with Gasteiger partial charge in [-0.15, -0.1) is 0 Å². The molecule has 72 valence electrons. The molecule has 1 saturated carbocycles. The lowest BCUT2D eigenvalue weighted by atomic mass is 9.81. The Morgan fingerprint density at radius 2 is 1.92 bits per heavy atom. The van der Waals surface area contributed by atoms with Gasteiger partial charge in [-0.25, -0.2) is 0 Å². The highest BCUT2D eigenvalue weighted by Crippen LogP contribution is 2.41. The fraction of sp³-hybridized carbons (Fsp3) is 1.00. The monoisotopic (exact) mass is 171 g/mol. The summed E-state index contributed by atoms with van der Waals surface area (Å²) in [6, 6.07) is -0.0811. The van der Waals surface area contributed by atoms with Gasteiger partial charge in [-0.3, -0.25) is 0 Å². The van der Waals surface area contributed by atoms with Gasteiger partial charge in [0.25, 0.3) is 0 Å². The van der Waals surface area contributed by atoms with Gasteiger partial charge >= 0.3 is 0 Å². The maximum Gasteiger partial charge on any atom is 0.0693 e. The molecule has 2 unspecified atom stereocenters. The van der Waals surface area contributed by atoms with Crippen molar-refractivity contribution in [3.05, 3.63) is 0 Å². The van der Waals surface area contributed by atoms with Gasteiger partial charge < -0.3 is 10.8 Å². The van der Waals surface area contributed by atoms with E-state index in [4.69, 9.17) is 5.73 Å². The average Bonchev–Trinajstić information content (AvgIpc) is 2.35. The minimum absolute atomic E-state index is 0.0811. The third-order valence-corrected chi connectivity index (χ3v) is 3.12. The van der Waals surface area contributed by atoms with Gasteiger partial charge in [-0.05, 0) is 31.6 Å². The molecule has 0 saturated heterocycles. The molecular weight excluding hydrogens is 150 g/mol. The molecule has 0 radical (unpaired) electrons. The highest BCUT2D eigenvalue weighted by Gasteiger charge is 2.31. The third kappa shape index (κ3) is 2.46. The molecular formula is C10H21NO. The van der Waals surface area contributed by atoms with Crippen LogP contribution in [0.2, 0.25) is 0 Å². The van der Waals surface area contributed by atoms with Crippen LogP contribution >= 0.6 is 0 Å². The second kappa shape index (κ2) is 3.75. The van der Waals surface area contributed by atoms with Crippen molar-refractivity contribution in [1.82, 2.24) is 0 Å². The van der Waals surface area contributed by atoms with E-state index < -0.39 is 0 Å². The lowest BCUT2D eigenvalue weighted by molar-refractivity contribution is 0.0904. The summed E-state index contributed by atoms with van der Waals surface area (Å²) in [5.74, 6) is 0. The molecule has 3 N–H and O–H groups in total. The zero-order valence-corrected chi connectivity index (χ0v) is 8.21. The first kappa shape index (κ1) is 10.0. The van der Waals surface area contributed by atoms with E-state index in [2.05, 4.69) is 6.92 Å². The van der Waals surface area contributed by atoms with Crippen molar-refractivity contribution >= 4 is 0 Å². The van der Waals surface area contributed by atoms with Gasteiger partial charge in [0.05, 0.1) is 6.10 Å². The van der Waals surface area contributed by atoms with Crippen molar-refractivity contribution in [1.29, 1.82) is 0 Å². The lowest BCUT2D eigenvalue weighted by Gasteiger charge is -2.28. The minimum Gasteiger partial charge on any atom is -0.392 e. The third-order valence-electron chi connectivity index (χ3n) is 3.12. The van der Waals surface area contributed by atoms with E-state index >= 15 is 0 Å². The summed E-state index contributed by atoms with van der Waals surface area (Å²) in [4.78, 5) is 0. The van der Waals surface area contributed by atoms with Crippen LogP contribution < -0.4 is 5.73 Å². The molecule has 2 nitrogen and oxygen atoms in total. The molecule has 1 aliphatic carbocycles. The van der Waals surface area contributed by atoms with Crippen LogP contribution in [0, 0.1) is 5.41 Å². The van der Waals surface area contributed by atoms with Gasteiger partial charge in [0, 0.05) is 6.04 Å². The minimum atomic E-state index is -0.312. The first-order valence-electron chi connectivity index (χ1n) is 4.97. The fourth-order valence-electron chi connectivity index (χ4n) is 2.12. The number of aliphatic hydroxyl groups excluding tert-OH is 1. The fourth-order valence-corrected chi connectivity index (χ4v) is 2.12. The van der Waals surface area contributed by atoms with Gasteiger partial charge in [0.2, 0.25) is 0 Å². The SMILES string of the molecule is CC(N)C(O)CC1(C)CCCC1. The molecule has 0 amide bonds. The van der Waals surface area contributed by atoms with Crippen molar-refractivity contribution in [2.45, 2.75) is 58.1 Å². The number of aliphatic hydroxyl groups is 1. The maximum absolute atomic E-state index is 9.63. The Morgan fingerprint density at radius 3 is 2.33 bits per heavy atom. The molecule has 2 atom stereocenters. The van der Waals surface area contributed by atoms with Crippen molar-refractivity contribution in [2.75, 3.05) is 0 Å². The van der Waals surface area contributed by atoms with Crippen LogP contribution in [0.25, 0.3) is 0 Å². The number of hydrogen-bond acceptors (Lipinski definition) is 2. The highest BCUT2D eigenvalue weighted by molar-refractivity contribution is 4.84. The van der Waals surface area contributed by atoms with Gasteiger partial charge in [-0.1, -0.05) is 19.8 Å². The second-order valence-electron chi connectivity index (χ2n) is 4.65. The second-order valence-corrected chi connectivity index (χ2v) is 4.65. The Balaban J connectivity index is 2.38.